The summed E-state index contributed by atoms with van der Waals surface area (Å²) < 4.78 is 9.65. The molecule has 0 saturated heterocycles. The number of methoxy groups -OCH3 is 2. The summed E-state index contributed by atoms with van der Waals surface area (Å²) in [6.45, 7) is 5.85. The predicted molar refractivity (Wildman–Crippen MR) is 64.8 cm³/mol. The fourth-order valence-electron chi connectivity index (χ4n) is 1.14. The minimum absolute atomic E-state index is 0.345. The van der Waals surface area contributed by atoms with E-state index in [-0.39, 0.29) is 0 Å². The van der Waals surface area contributed by atoms with Gasteiger partial charge >= 0.3 is 5.97 Å². The van der Waals surface area contributed by atoms with Crippen LogP contribution in [-0.2, 0) is 4.74 Å². The van der Waals surface area contributed by atoms with E-state index in [4.69, 9.17) is 10.5 Å². The second-order valence-corrected chi connectivity index (χ2v) is 2.90. The quantitative estimate of drug-likeness (QED) is 0.620. The van der Waals surface area contributed by atoms with Crippen LogP contribution >= 0.6 is 0 Å². The predicted octanol–water partition coefficient (Wildman–Crippen LogP) is 2.40. The van der Waals surface area contributed by atoms with Gasteiger partial charge in [0.05, 0.1) is 14.2 Å². The average molecular weight is 225 g/mol. The highest BCUT2D eigenvalue weighted by Gasteiger charge is 2.14. The Morgan fingerprint density at radius 2 is 1.81 bits per heavy atom. The smallest absolute Gasteiger partial charge is 0.341 e. The number of nitrogen functional groups attached to an aromatic ring is 1. The second-order valence-electron chi connectivity index (χ2n) is 2.90. The Labute approximate surface area is 96.4 Å². The lowest BCUT2D eigenvalue weighted by molar-refractivity contribution is 0.0597. The first-order valence-electron chi connectivity index (χ1n) is 5.12. The molecule has 0 fully saturated rings. The van der Waals surface area contributed by atoms with Crippen LogP contribution in [0, 0.1) is 6.92 Å². The molecule has 2 N–H and O–H groups in total. The molecule has 0 heterocycles. The first kappa shape index (κ1) is 14.3. The van der Waals surface area contributed by atoms with E-state index in [1.165, 1.54) is 14.2 Å². The van der Waals surface area contributed by atoms with Crippen molar-refractivity contribution in [2.45, 2.75) is 20.8 Å². The van der Waals surface area contributed by atoms with Crippen LogP contribution in [0.3, 0.4) is 0 Å². The molecule has 1 rings (SSSR count). The molecule has 0 aromatic heterocycles. The molecule has 0 atom stereocenters. The van der Waals surface area contributed by atoms with Gasteiger partial charge in [0.1, 0.15) is 11.3 Å². The zero-order chi connectivity index (χ0) is 12.7. The number of anilines is 1. The molecule has 0 aliphatic heterocycles. The van der Waals surface area contributed by atoms with Crippen molar-refractivity contribution in [3.05, 3.63) is 23.3 Å². The van der Waals surface area contributed by atoms with E-state index >= 15 is 0 Å². The molecule has 1 aromatic carbocycles. The third kappa shape index (κ3) is 3.15. The Hall–Kier alpha value is -1.71. The third-order valence-corrected chi connectivity index (χ3v) is 1.99. The van der Waals surface area contributed by atoms with Crippen LogP contribution < -0.4 is 10.5 Å². The highest BCUT2D eigenvalue weighted by Crippen LogP contribution is 2.25. The van der Waals surface area contributed by atoms with Crippen molar-refractivity contribution >= 4 is 11.7 Å². The summed E-state index contributed by atoms with van der Waals surface area (Å²) in [5.41, 5.74) is 7.44. The topological polar surface area (TPSA) is 61.5 Å². The van der Waals surface area contributed by atoms with E-state index in [9.17, 15) is 4.79 Å². The maximum atomic E-state index is 11.3. The van der Waals surface area contributed by atoms with Crippen molar-refractivity contribution < 1.29 is 14.3 Å². The van der Waals surface area contributed by atoms with Gasteiger partial charge in [0.25, 0.3) is 0 Å². The number of aryl methyl sites for hydroxylation is 1. The molecule has 0 spiro atoms. The molecule has 16 heavy (non-hydrogen) atoms. The van der Waals surface area contributed by atoms with Crippen LogP contribution in [0.15, 0.2) is 12.1 Å². The minimum Gasteiger partial charge on any atom is -0.496 e. The van der Waals surface area contributed by atoms with Crippen molar-refractivity contribution in [1.29, 1.82) is 0 Å². The van der Waals surface area contributed by atoms with E-state index in [2.05, 4.69) is 4.74 Å². The molecule has 1 aromatic rings. The van der Waals surface area contributed by atoms with Crippen molar-refractivity contribution in [3.63, 3.8) is 0 Å². The van der Waals surface area contributed by atoms with Crippen molar-refractivity contribution in [3.8, 4) is 5.75 Å². The lowest BCUT2D eigenvalue weighted by Crippen LogP contribution is -2.05. The van der Waals surface area contributed by atoms with Crippen LogP contribution in [0.25, 0.3) is 0 Å². The van der Waals surface area contributed by atoms with E-state index in [1.54, 1.807) is 12.1 Å². The lowest BCUT2D eigenvalue weighted by atomic mass is 10.1. The molecule has 4 heteroatoms. The Morgan fingerprint density at radius 1 is 1.25 bits per heavy atom. The Kier molecular flexibility index (Phi) is 6.00. The van der Waals surface area contributed by atoms with Crippen LogP contribution in [0.1, 0.15) is 29.8 Å². The van der Waals surface area contributed by atoms with Gasteiger partial charge in [0.2, 0.25) is 0 Å². The number of benzene rings is 1. The van der Waals surface area contributed by atoms with Gasteiger partial charge in [-0.05, 0) is 24.6 Å². The monoisotopic (exact) mass is 225 g/mol. The summed E-state index contributed by atoms with van der Waals surface area (Å²) in [7, 11) is 2.81. The van der Waals surface area contributed by atoms with Crippen molar-refractivity contribution in [2.24, 2.45) is 0 Å². The number of carbonyl (C=O) groups is 1. The number of rotatable bonds is 2. The summed E-state index contributed by atoms with van der Waals surface area (Å²) >= 11 is 0. The normalized spacial score (nSPS) is 8.81. The summed E-state index contributed by atoms with van der Waals surface area (Å²) in [6, 6.07) is 3.27. The van der Waals surface area contributed by atoms with E-state index in [0.717, 1.165) is 5.56 Å². The molecular weight excluding hydrogens is 206 g/mol. The first-order chi connectivity index (χ1) is 7.60. The molecule has 0 amide bonds. The molecule has 0 aliphatic rings. The van der Waals surface area contributed by atoms with Gasteiger partial charge in [0, 0.05) is 5.69 Å². The number of ether oxygens (including phenoxy) is 2. The molecule has 0 unspecified atom stereocenters. The van der Waals surface area contributed by atoms with E-state index in [0.29, 0.717) is 17.0 Å². The Bertz CT molecular complexity index is 362. The van der Waals surface area contributed by atoms with E-state index < -0.39 is 5.97 Å². The molecule has 0 bridgehead atoms. The Morgan fingerprint density at radius 3 is 2.25 bits per heavy atom. The highest BCUT2D eigenvalue weighted by molar-refractivity contribution is 5.93. The number of carbonyl (C=O) groups excluding carboxylic acids is 1. The second kappa shape index (κ2) is 6.71. The summed E-state index contributed by atoms with van der Waals surface area (Å²) in [5.74, 6) is 0.0251. The number of nitrogens with two attached hydrogens (primary N) is 1. The standard InChI is InChI=1S/C10H13NO3.C2H6/c1-6-4-9(13-2)7(5-8(6)11)10(12)14-3;1-2/h4-5H,11H2,1-3H3;1-2H3. The Balaban J connectivity index is 0.00000106. The summed E-state index contributed by atoms with van der Waals surface area (Å²) in [4.78, 5) is 11.3. The van der Waals surface area contributed by atoms with Gasteiger partial charge in [-0.15, -0.1) is 0 Å². The molecule has 0 radical (unpaired) electrons. The van der Waals surface area contributed by atoms with Gasteiger partial charge in [0.15, 0.2) is 0 Å². The fraction of sp³-hybridized carbons (Fsp3) is 0.417. The average Bonchev–Trinajstić information content (AvgIpc) is 2.33. The zero-order valence-corrected chi connectivity index (χ0v) is 10.5. The first-order valence-corrected chi connectivity index (χ1v) is 5.12. The fourth-order valence-corrected chi connectivity index (χ4v) is 1.14. The van der Waals surface area contributed by atoms with Crippen molar-refractivity contribution in [2.75, 3.05) is 20.0 Å². The highest BCUT2D eigenvalue weighted by atomic mass is 16.5. The van der Waals surface area contributed by atoms with Gasteiger partial charge in [-0.1, -0.05) is 13.8 Å². The molecule has 90 valence electrons. The lowest BCUT2D eigenvalue weighted by Gasteiger charge is -2.09. The zero-order valence-electron chi connectivity index (χ0n) is 10.5. The maximum Gasteiger partial charge on any atom is 0.341 e. The largest absolute Gasteiger partial charge is 0.496 e. The van der Waals surface area contributed by atoms with E-state index in [1.807, 2.05) is 20.8 Å². The number of hydrogen-bond donors (Lipinski definition) is 1. The number of hydrogen-bond acceptors (Lipinski definition) is 4. The van der Waals surface area contributed by atoms with Gasteiger partial charge in [-0.25, -0.2) is 4.79 Å². The molecular formula is C12H19NO3. The van der Waals surface area contributed by atoms with Crippen LogP contribution in [0.5, 0.6) is 5.75 Å². The molecule has 0 aliphatic carbocycles. The summed E-state index contributed by atoms with van der Waals surface area (Å²) in [5, 5.41) is 0. The van der Waals surface area contributed by atoms with Crippen LogP contribution in [0.2, 0.25) is 0 Å². The van der Waals surface area contributed by atoms with Gasteiger partial charge < -0.3 is 15.2 Å². The minimum atomic E-state index is -0.450. The molecule has 4 nitrogen and oxygen atoms in total. The third-order valence-electron chi connectivity index (χ3n) is 1.99. The van der Waals surface area contributed by atoms with Gasteiger partial charge in [-0.2, -0.15) is 0 Å². The van der Waals surface area contributed by atoms with Crippen LogP contribution in [-0.4, -0.2) is 20.2 Å². The molecule has 0 saturated carbocycles. The van der Waals surface area contributed by atoms with Gasteiger partial charge in [-0.3, -0.25) is 0 Å². The SMILES string of the molecule is CC.COC(=O)c1cc(N)c(C)cc1OC. The number of esters is 1. The maximum absolute atomic E-state index is 11.3. The van der Waals surface area contributed by atoms with Crippen LogP contribution in [0.4, 0.5) is 5.69 Å². The summed E-state index contributed by atoms with van der Waals surface area (Å²) in [6.07, 6.45) is 0. The van der Waals surface area contributed by atoms with Crippen molar-refractivity contribution in [1.82, 2.24) is 0 Å².